The molecule has 110 valence electrons. The molecule has 20 heavy (non-hydrogen) atoms. The lowest BCUT2D eigenvalue weighted by Crippen LogP contribution is -2.36. The van der Waals surface area contributed by atoms with E-state index in [0.717, 1.165) is 6.07 Å². The highest BCUT2D eigenvalue weighted by atomic mass is 19.2. The number of hydrogen-bond acceptors (Lipinski definition) is 2. The number of likely N-dealkylation sites (tertiary alicyclic amines) is 1. The van der Waals surface area contributed by atoms with E-state index >= 15 is 0 Å². The van der Waals surface area contributed by atoms with Crippen molar-refractivity contribution in [3.8, 4) is 0 Å². The van der Waals surface area contributed by atoms with Gasteiger partial charge in [-0.25, -0.2) is 8.78 Å². The molecular formula is C15H20F2N2O. The Morgan fingerprint density at radius 2 is 2.20 bits per heavy atom. The van der Waals surface area contributed by atoms with Crippen LogP contribution < -0.4 is 5.32 Å². The van der Waals surface area contributed by atoms with Crippen LogP contribution in [0.4, 0.5) is 8.78 Å². The Morgan fingerprint density at radius 1 is 1.45 bits per heavy atom. The highest BCUT2D eigenvalue weighted by Gasteiger charge is 2.29. The predicted octanol–water partition coefficient (Wildman–Crippen LogP) is 2.48. The largest absolute Gasteiger partial charge is 0.340 e. The van der Waals surface area contributed by atoms with Gasteiger partial charge in [-0.15, -0.1) is 0 Å². The topological polar surface area (TPSA) is 32.3 Å². The van der Waals surface area contributed by atoms with E-state index < -0.39 is 11.6 Å². The van der Waals surface area contributed by atoms with Crippen molar-refractivity contribution in [3.63, 3.8) is 0 Å². The summed E-state index contributed by atoms with van der Waals surface area (Å²) in [6, 6.07) is 3.78. The molecule has 0 saturated carbocycles. The number of amides is 1. The highest BCUT2D eigenvalue weighted by Crippen LogP contribution is 2.24. The first-order chi connectivity index (χ1) is 9.52. The molecule has 1 N–H and O–H groups in total. The molecule has 2 atom stereocenters. The molecule has 1 heterocycles. The lowest BCUT2D eigenvalue weighted by Gasteiger charge is -2.25. The second-order valence-electron chi connectivity index (χ2n) is 5.36. The Morgan fingerprint density at radius 3 is 2.80 bits per heavy atom. The summed E-state index contributed by atoms with van der Waals surface area (Å²) in [5, 5.41) is 3.13. The number of halogens is 2. The van der Waals surface area contributed by atoms with Crippen LogP contribution in [0.15, 0.2) is 18.2 Å². The highest BCUT2D eigenvalue weighted by molar-refractivity contribution is 5.78. The Hall–Kier alpha value is -1.49. The number of carbonyl (C=O) groups is 1. The van der Waals surface area contributed by atoms with E-state index in [1.54, 1.807) is 11.0 Å². The fourth-order valence-electron chi connectivity index (χ4n) is 2.68. The molecule has 3 nitrogen and oxygen atoms in total. The van der Waals surface area contributed by atoms with E-state index in [-0.39, 0.29) is 17.5 Å². The maximum atomic E-state index is 13.9. The molecule has 0 bridgehead atoms. The van der Waals surface area contributed by atoms with Crippen LogP contribution >= 0.6 is 0 Å². The fourth-order valence-corrected chi connectivity index (χ4v) is 2.68. The van der Waals surface area contributed by atoms with Crippen molar-refractivity contribution in [2.45, 2.75) is 26.3 Å². The Balaban J connectivity index is 2.19. The van der Waals surface area contributed by atoms with Gasteiger partial charge in [-0.3, -0.25) is 4.79 Å². The van der Waals surface area contributed by atoms with Crippen LogP contribution in [0.2, 0.25) is 0 Å². The molecule has 2 unspecified atom stereocenters. The minimum Gasteiger partial charge on any atom is -0.340 e. The van der Waals surface area contributed by atoms with Gasteiger partial charge in [-0.2, -0.15) is 0 Å². The van der Waals surface area contributed by atoms with Gasteiger partial charge in [0.1, 0.15) is 0 Å². The third-order valence-corrected chi connectivity index (χ3v) is 3.62. The second kappa shape index (κ2) is 6.31. The number of rotatable bonds is 5. The molecule has 0 aromatic heterocycles. The first-order valence-corrected chi connectivity index (χ1v) is 6.98. The molecule has 1 aliphatic rings. The van der Waals surface area contributed by atoms with Gasteiger partial charge in [0.2, 0.25) is 5.91 Å². The van der Waals surface area contributed by atoms with E-state index in [2.05, 4.69) is 5.32 Å². The van der Waals surface area contributed by atoms with Crippen LogP contribution in [0.5, 0.6) is 0 Å². The van der Waals surface area contributed by atoms with Crippen molar-refractivity contribution in [1.29, 1.82) is 0 Å². The molecule has 1 saturated heterocycles. The van der Waals surface area contributed by atoms with Gasteiger partial charge < -0.3 is 10.2 Å². The van der Waals surface area contributed by atoms with Crippen molar-refractivity contribution in [2.24, 2.45) is 5.92 Å². The number of nitrogens with zero attached hydrogens (tertiary/aromatic N) is 1. The number of nitrogens with one attached hydrogen (secondary N) is 1. The monoisotopic (exact) mass is 282 g/mol. The zero-order chi connectivity index (χ0) is 14.7. The zero-order valence-corrected chi connectivity index (χ0v) is 11.8. The SMILES string of the molecule is CCNC(CN1CC(C)CC1=O)c1cccc(F)c1F. The second-order valence-corrected chi connectivity index (χ2v) is 5.36. The van der Waals surface area contributed by atoms with Gasteiger partial charge in [0, 0.05) is 25.1 Å². The first-order valence-electron chi connectivity index (χ1n) is 6.98. The van der Waals surface area contributed by atoms with E-state index in [1.165, 1.54) is 6.07 Å². The molecule has 1 fully saturated rings. The lowest BCUT2D eigenvalue weighted by atomic mass is 10.1. The van der Waals surface area contributed by atoms with Crippen LogP contribution in [0, 0.1) is 17.6 Å². The molecule has 2 rings (SSSR count). The third kappa shape index (κ3) is 3.15. The van der Waals surface area contributed by atoms with Crippen molar-refractivity contribution >= 4 is 5.91 Å². The maximum Gasteiger partial charge on any atom is 0.222 e. The number of likely N-dealkylation sites (N-methyl/N-ethyl adjacent to an activating group) is 1. The summed E-state index contributed by atoms with van der Waals surface area (Å²) in [6.45, 7) is 5.59. The van der Waals surface area contributed by atoms with E-state index in [9.17, 15) is 13.6 Å². The summed E-state index contributed by atoms with van der Waals surface area (Å²) < 4.78 is 27.3. The molecule has 0 aliphatic carbocycles. The molecule has 0 spiro atoms. The number of carbonyl (C=O) groups excluding carboxylic acids is 1. The first kappa shape index (κ1) is 14.9. The van der Waals surface area contributed by atoms with Gasteiger partial charge in [0.25, 0.3) is 0 Å². The van der Waals surface area contributed by atoms with Gasteiger partial charge >= 0.3 is 0 Å². The Bertz CT molecular complexity index is 493. The van der Waals surface area contributed by atoms with Gasteiger partial charge in [0.15, 0.2) is 11.6 Å². The normalized spacial score (nSPS) is 20.5. The standard InChI is InChI=1S/C15H20F2N2O/c1-3-18-13(9-19-8-10(2)7-14(19)20)11-5-4-6-12(16)15(11)17/h4-6,10,13,18H,3,7-9H2,1-2H3. The smallest absolute Gasteiger partial charge is 0.222 e. The minimum atomic E-state index is -0.855. The lowest BCUT2D eigenvalue weighted by molar-refractivity contribution is -0.128. The van der Waals surface area contributed by atoms with Crippen molar-refractivity contribution in [3.05, 3.63) is 35.4 Å². The molecule has 1 aromatic rings. The van der Waals surface area contributed by atoms with Gasteiger partial charge in [-0.05, 0) is 18.5 Å². The van der Waals surface area contributed by atoms with Crippen LogP contribution in [0.3, 0.4) is 0 Å². The van der Waals surface area contributed by atoms with Crippen molar-refractivity contribution in [2.75, 3.05) is 19.6 Å². The predicted molar refractivity (Wildman–Crippen MR) is 73.1 cm³/mol. The molecule has 1 amide bonds. The van der Waals surface area contributed by atoms with Gasteiger partial charge in [0.05, 0.1) is 6.04 Å². The minimum absolute atomic E-state index is 0.0808. The van der Waals surface area contributed by atoms with Crippen molar-refractivity contribution < 1.29 is 13.6 Å². The Labute approximate surface area is 118 Å². The molecular weight excluding hydrogens is 262 g/mol. The summed E-state index contributed by atoms with van der Waals surface area (Å²) in [5.41, 5.74) is 0.277. The van der Waals surface area contributed by atoms with Crippen LogP contribution in [0.25, 0.3) is 0 Å². The van der Waals surface area contributed by atoms with E-state index in [0.29, 0.717) is 32.0 Å². The van der Waals surface area contributed by atoms with Crippen LogP contribution in [-0.2, 0) is 4.79 Å². The summed E-state index contributed by atoms with van der Waals surface area (Å²) in [5.74, 6) is -1.29. The van der Waals surface area contributed by atoms with Crippen LogP contribution in [0.1, 0.15) is 31.9 Å². The molecule has 1 aliphatic heterocycles. The summed E-state index contributed by atoms with van der Waals surface area (Å²) >= 11 is 0. The number of benzene rings is 1. The summed E-state index contributed by atoms with van der Waals surface area (Å²) in [4.78, 5) is 13.6. The van der Waals surface area contributed by atoms with Gasteiger partial charge in [-0.1, -0.05) is 26.0 Å². The summed E-state index contributed by atoms with van der Waals surface area (Å²) in [6.07, 6.45) is 0.532. The summed E-state index contributed by atoms with van der Waals surface area (Å²) in [7, 11) is 0. The average Bonchev–Trinajstić information content (AvgIpc) is 2.71. The quantitative estimate of drug-likeness (QED) is 0.900. The molecule has 5 heteroatoms. The fraction of sp³-hybridized carbons (Fsp3) is 0.533. The van der Waals surface area contributed by atoms with E-state index in [1.807, 2.05) is 13.8 Å². The average molecular weight is 282 g/mol. The van der Waals surface area contributed by atoms with Crippen LogP contribution in [-0.4, -0.2) is 30.4 Å². The molecule has 1 aromatic carbocycles. The van der Waals surface area contributed by atoms with Crippen molar-refractivity contribution in [1.82, 2.24) is 10.2 Å². The maximum absolute atomic E-state index is 13.9. The Kier molecular flexibility index (Phi) is 4.70. The third-order valence-electron chi connectivity index (χ3n) is 3.62. The van der Waals surface area contributed by atoms with E-state index in [4.69, 9.17) is 0 Å². The zero-order valence-electron chi connectivity index (χ0n) is 11.8. The molecule has 0 radical (unpaired) electrons. The number of hydrogen-bond donors (Lipinski definition) is 1.